The first-order valence-electron chi connectivity index (χ1n) is 4.66. The van der Waals surface area contributed by atoms with Crippen LogP contribution < -0.4 is 9.64 Å². The Labute approximate surface area is 84.3 Å². The Bertz CT molecular complexity index is 323. The van der Waals surface area contributed by atoms with Gasteiger partial charge in [-0.25, -0.2) is 4.39 Å². The van der Waals surface area contributed by atoms with Crippen LogP contribution in [0.3, 0.4) is 0 Å². The summed E-state index contributed by atoms with van der Waals surface area (Å²) in [5, 5.41) is 0. The number of nitrogens with zero attached hydrogens (tertiary/aromatic N) is 1. The van der Waals surface area contributed by atoms with Gasteiger partial charge in [0.05, 0.1) is 6.61 Å². The lowest BCUT2D eigenvalue weighted by atomic mass is 10.2. The Morgan fingerprint density at radius 3 is 2.50 bits per heavy atom. The number of ether oxygens (including phenoxy) is 1. The summed E-state index contributed by atoms with van der Waals surface area (Å²) in [6, 6.07) is 3.36. The van der Waals surface area contributed by atoms with Gasteiger partial charge >= 0.3 is 0 Å². The van der Waals surface area contributed by atoms with Gasteiger partial charge in [-0.3, -0.25) is 0 Å². The van der Waals surface area contributed by atoms with Crippen molar-refractivity contribution in [1.29, 1.82) is 0 Å². The first kappa shape index (κ1) is 10.8. The average molecular weight is 197 g/mol. The SMILES string of the molecule is CCOc1cc(N(C)C)cc(F)c1C. The number of anilines is 1. The molecule has 2 nitrogen and oxygen atoms in total. The Balaban J connectivity index is 3.14. The molecule has 0 unspecified atom stereocenters. The lowest BCUT2D eigenvalue weighted by molar-refractivity contribution is 0.335. The van der Waals surface area contributed by atoms with E-state index in [0.29, 0.717) is 17.9 Å². The largest absolute Gasteiger partial charge is 0.493 e. The van der Waals surface area contributed by atoms with Crippen molar-refractivity contribution in [1.82, 2.24) is 0 Å². The van der Waals surface area contributed by atoms with Crippen molar-refractivity contribution < 1.29 is 9.13 Å². The van der Waals surface area contributed by atoms with Gasteiger partial charge in [0.25, 0.3) is 0 Å². The molecule has 14 heavy (non-hydrogen) atoms. The number of halogens is 1. The van der Waals surface area contributed by atoms with Crippen LogP contribution in [0.2, 0.25) is 0 Å². The molecule has 1 aromatic carbocycles. The maximum absolute atomic E-state index is 13.4. The van der Waals surface area contributed by atoms with Crippen LogP contribution in [0.5, 0.6) is 5.75 Å². The summed E-state index contributed by atoms with van der Waals surface area (Å²) in [6.45, 7) is 4.16. The van der Waals surface area contributed by atoms with E-state index in [-0.39, 0.29) is 5.82 Å². The summed E-state index contributed by atoms with van der Waals surface area (Å²) in [5.74, 6) is 0.399. The minimum absolute atomic E-state index is 0.223. The molecule has 0 saturated heterocycles. The second kappa shape index (κ2) is 4.31. The second-order valence-electron chi connectivity index (χ2n) is 3.38. The maximum atomic E-state index is 13.4. The van der Waals surface area contributed by atoms with Crippen molar-refractivity contribution >= 4 is 5.69 Å². The zero-order valence-electron chi connectivity index (χ0n) is 9.10. The molecule has 78 valence electrons. The summed E-state index contributed by atoms with van der Waals surface area (Å²) >= 11 is 0. The minimum Gasteiger partial charge on any atom is -0.493 e. The lowest BCUT2D eigenvalue weighted by Gasteiger charge is -2.16. The first-order valence-corrected chi connectivity index (χ1v) is 4.66. The third kappa shape index (κ3) is 2.16. The van der Waals surface area contributed by atoms with E-state index < -0.39 is 0 Å². The molecule has 0 aromatic heterocycles. The topological polar surface area (TPSA) is 12.5 Å². The number of benzene rings is 1. The number of hydrogen-bond acceptors (Lipinski definition) is 2. The van der Waals surface area contributed by atoms with Crippen molar-refractivity contribution in [3.05, 3.63) is 23.5 Å². The van der Waals surface area contributed by atoms with Gasteiger partial charge in [0.15, 0.2) is 0 Å². The zero-order valence-corrected chi connectivity index (χ0v) is 9.10. The molecule has 0 spiro atoms. The van der Waals surface area contributed by atoms with Crippen LogP contribution >= 0.6 is 0 Å². The smallest absolute Gasteiger partial charge is 0.131 e. The fourth-order valence-electron chi connectivity index (χ4n) is 1.20. The molecule has 0 atom stereocenters. The molecule has 1 aromatic rings. The standard InChI is InChI=1S/C11H16FNO/c1-5-14-11-7-9(13(3)4)6-10(12)8(11)2/h6-7H,5H2,1-4H3. The molecule has 0 aliphatic carbocycles. The van der Waals surface area contributed by atoms with E-state index in [1.807, 2.05) is 32.0 Å². The van der Waals surface area contributed by atoms with Crippen molar-refractivity contribution in [2.45, 2.75) is 13.8 Å². The van der Waals surface area contributed by atoms with Gasteiger partial charge in [0.2, 0.25) is 0 Å². The molecule has 0 N–H and O–H groups in total. The fourth-order valence-corrected chi connectivity index (χ4v) is 1.20. The maximum Gasteiger partial charge on any atom is 0.131 e. The quantitative estimate of drug-likeness (QED) is 0.738. The molecule has 0 saturated carbocycles. The van der Waals surface area contributed by atoms with Crippen molar-refractivity contribution in [3.63, 3.8) is 0 Å². The molecule has 0 aliphatic heterocycles. The van der Waals surface area contributed by atoms with E-state index in [1.165, 1.54) is 6.07 Å². The van der Waals surface area contributed by atoms with E-state index in [2.05, 4.69) is 0 Å². The Morgan fingerprint density at radius 1 is 1.36 bits per heavy atom. The summed E-state index contributed by atoms with van der Waals surface area (Å²) in [5.41, 5.74) is 1.38. The van der Waals surface area contributed by atoms with Crippen LogP contribution in [-0.4, -0.2) is 20.7 Å². The number of hydrogen-bond donors (Lipinski definition) is 0. The van der Waals surface area contributed by atoms with Gasteiger partial charge < -0.3 is 9.64 Å². The van der Waals surface area contributed by atoms with Crippen molar-refractivity contribution in [3.8, 4) is 5.75 Å². The minimum atomic E-state index is -0.223. The van der Waals surface area contributed by atoms with Gasteiger partial charge in [-0.2, -0.15) is 0 Å². The summed E-state index contributed by atoms with van der Waals surface area (Å²) < 4.78 is 18.8. The normalized spacial score (nSPS) is 10.1. The van der Waals surface area contributed by atoms with Crippen LogP contribution in [0.15, 0.2) is 12.1 Å². The van der Waals surface area contributed by atoms with E-state index in [4.69, 9.17) is 4.74 Å². The molecule has 0 heterocycles. The van der Waals surface area contributed by atoms with E-state index in [1.54, 1.807) is 6.92 Å². The van der Waals surface area contributed by atoms with Crippen LogP contribution in [-0.2, 0) is 0 Å². The van der Waals surface area contributed by atoms with Crippen LogP contribution in [0.4, 0.5) is 10.1 Å². The van der Waals surface area contributed by atoms with E-state index >= 15 is 0 Å². The average Bonchev–Trinajstić information content (AvgIpc) is 2.12. The van der Waals surface area contributed by atoms with E-state index in [9.17, 15) is 4.39 Å². The van der Waals surface area contributed by atoms with Gasteiger partial charge in [0, 0.05) is 31.4 Å². The first-order chi connectivity index (χ1) is 6.56. The Kier molecular flexibility index (Phi) is 3.33. The van der Waals surface area contributed by atoms with Gasteiger partial charge in [-0.15, -0.1) is 0 Å². The Hall–Kier alpha value is -1.25. The molecule has 1 rings (SSSR count). The van der Waals surface area contributed by atoms with Gasteiger partial charge in [0.1, 0.15) is 11.6 Å². The zero-order chi connectivity index (χ0) is 10.7. The summed E-state index contributed by atoms with van der Waals surface area (Å²) in [6.07, 6.45) is 0. The van der Waals surface area contributed by atoms with Crippen LogP contribution in [0.25, 0.3) is 0 Å². The van der Waals surface area contributed by atoms with Crippen LogP contribution in [0, 0.1) is 12.7 Å². The lowest BCUT2D eigenvalue weighted by Crippen LogP contribution is -2.10. The molecular weight excluding hydrogens is 181 g/mol. The highest BCUT2D eigenvalue weighted by Crippen LogP contribution is 2.27. The fraction of sp³-hybridized carbons (Fsp3) is 0.455. The predicted molar refractivity (Wildman–Crippen MR) is 56.6 cm³/mol. The molecule has 0 radical (unpaired) electrons. The number of rotatable bonds is 3. The van der Waals surface area contributed by atoms with E-state index in [0.717, 1.165) is 5.69 Å². The van der Waals surface area contributed by atoms with Gasteiger partial charge in [-0.1, -0.05) is 0 Å². The van der Waals surface area contributed by atoms with Crippen molar-refractivity contribution in [2.24, 2.45) is 0 Å². The summed E-state index contributed by atoms with van der Waals surface area (Å²) in [4.78, 5) is 1.85. The highest BCUT2D eigenvalue weighted by molar-refractivity contribution is 5.53. The molecule has 0 bridgehead atoms. The highest BCUT2D eigenvalue weighted by Gasteiger charge is 2.08. The highest BCUT2D eigenvalue weighted by atomic mass is 19.1. The molecule has 0 aliphatic rings. The summed E-state index contributed by atoms with van der Waals surface area (Å²) in [7, 11) is 3.75. The van der Waals surface area contributed by atoms with Gasteiger partial charge in [-0.05, 0) is 19.9 Å². The monoisotopic (exact) mass is 197 g/mol. The molecular formula is C11H16FNO. The Morgan fingerprint density at radius 2 is 2.00 bits per heavy atom. The van der Waals surface area contributed by atoms with Crippen molar-refractivity contribution in [2.75, 3.05) is 25.6 Å². The predicted octanol–water partition coefficient (Wildman–Crippen LogP) is 2.60. The molecule has 0 amide bonds. The molecule has 3 heteroatoms. The molecule has 0 fully saturated rings. The third-order valence-corrected chi connectivity index (χ3v) is 2.10. The third-order valence-electron chi connectivity index (χ3n) is 2.10. The van der Waals surface area contributed by atoms with Crippen LogP contribution in [0.1, 0.15) is 12.5 Å². The second-order valence-corrected chi connectivity index (χ2v) is 3.38.